The van der Waals surface area contributed by atoms with Crippen LogP contribution in [-0.4, -0.2) is 34.6 Å². The Morgan fingerprint density at radius 1 is 1.45 bits per heavy atom. The summed E-state index contributed by atoms with van der Waals surface area (Å²) >= 11 is 0. The van der Waals surface area contributed by atoms with E-state index < -0.39 is 25.7 Å². The van der Waals surface area contributed by atoms with Gasteiger partial charge >= 0.3 is 0 Å². The van der Waals surface area contributed by atoms with Crippen molar-refractivity contribution in [1.82, 2.24) is 5.32 Å². The van der Waals surface area contributed by atoms with Gasteiger partial charge in [0.1, 0.15) is 5.82 Å². The second-order valence-corrected chi connectivity index (χ2v) is 6.66. The van der Waals surface area contributed by atoms with Gasteiger partial charge in [-0.1, -0.05) is 0 Å². The molecule has 0 saturated carbocycles. The third kappa shape index (κ3) is 4.43. The number of nitrogens with one attached hydrogen (secondary N) is 1. The number of carbonyl (C=O) groups excluding carboxylic acids is 1. The number of hydrogen-bond donors (Lipinski definition) is 1. The zero-order valence-corrected chi connectivity index (χ0v) is 12.6. The molecule has 0 saturated heterocycles. The molecule has 1 aromatic carbocycles. The molecule has 5 nitrogen and oxygen atoms in total. The molecule has 0 heterocycles. The molecule has 0 aliphatic heterocycles. The molecule has 0 atom stereocenters. The first-order valence-corrected chi connectivity index (χ1v) is 8.10. The van der Waals surface area contributed by atoms with Gasteiger partial charge < -0.3 is 10.1 Å². The quantitative estimate of drug-likeness (QED) is 0.640. The zero-order valence-electron chi connectivity index (χ0n) is 11.1. The normalized spacial score (nSPS) is 11.4. The van der Waals surface area contributed by atoms with Crippen LogP contribution in [-0.2, 0) is 13.8 Å². The molecule has 0 aliphatic carbocycles. The number of halogens is 2. The van der Waals surface area contributed by atoms with Crippen LogP contribution in [0.5, 0.6) is 0 Å². The van der Waals surface area contributed by atoms with E-state index in [9.17, 15) is 17.6 Å². The van der Waals surface area contributed by atoms with E-state index in [1.165, 1.54) is 14.0 Å². The Morgan fingerprint density at radius 2 is 2.10 bits per heavy atom. The molecule has 20 heavy (non-hydrogen) atoms. The first-order valence-electron chi connectivity index (χ1n) is 5.79. The summed E-state index contributed by atoms with van der Waals surface area (Å²) in [5.41, 5.74) is -0.208. The average Bonchev–Trinajstić information content (AvgIpc) is 2.36. The van der Waals surface area contributed by atoms with E-state index in [2.05, 4.69) is 5.32 Å². The Labute approximate surface area is 121 Å². The number of ether oxygens (including phenoxy) is 1. The van der Waals surface area contributed by atoms with Crippen LogP contribution in [0, 0.1) is 12.7 Å². The van der Waals surface area contributed by atoms with Gasteiger partial charge in [-0.05, 0) is 25.5 Å². The van der Waals surface area contributed by atoms with Crippen molar-refractivity contribution < 1.29 is 22.3 Å². The van der Waals surface area contributed by atoms with Crippen molar-refractivity contribution in [3.8, 4) is 0 Å². The fraction of sp³-hybridized carbons (Fsp3) is 0.417. The van der Waals surface area contributed by atoms with E-state index in [1.54, 1.807) is 0 Å². The minimum absolute atomic E-state index is 0.0928. The van der Waals surface area contributed by atoms with Gasteiger partial charge in [-0.2, -0.15) is 0 Å². The molecule has 0 radical (unpaired) electrons. The number of amides is 1. The molecule has 0 aliphatic rings. The van der Waals surface area contributed by atoms with Crippen LogP contribution in [0.15, 0.2) is 17.0 Å². The van der Waals surface area contributed by atoms with Crippen LogP contribution >= 0.6 is 10.7 Å². The number of hydrogen-bond acceptors (Lipinski definition) is 4. The van der Waals surface area contributed by atoms with Gasteiger partial charge in [0, 0.05) is 42.1 Å². The summed E-state index contributed by atoms with van der Waals surface area (Å²) in [7, 11) is 2.64. The lowest BCUT2D eigenvalue weighted by molar-refractivity contribution is 0.0948. The molecule has 1 rings (SSSR count). The lowest BCUT2D eigenvalue weighted by atomic mass is 10.1. The van der Waals surface area contributed by atoms with Crippen molar-refractivity contribution in [3.05, 3.63) is 29.1 Å². The maximum absolute atomic E-state index is 13.7. The molecule has 8 heteroatoms. The van der Waals surface area contributed by atoms with E-state index in [4.69, 9.17) is 15.4 Å². The van der Waals surface area contributed by atoms with Gasteiger partial charge in [0.15, 0.2) is 0 Å². The van der Waals surface area contributed by atoms with Crippen molar-refractivity contribution in [1.29, 1.82) is 0 Å². The number of benzene rings is 1. The monoisotopic (exact) mass is 323 g/mol. The van der Waals surface area contributed by atoms with Crippen LogP contribution in [0.3, 0.4) is 0 Å². The molecular formula is C12H15ClFNO4S. The standard InChI is InChI=1S/C12H15ClFNO4S/c1-8-10(14)6-9(7-11(8)20(13,17)18)12(16)15-4-3-5-19-2/h6-7H,3-5H2,1-2H3,(H,15,16). The summed E-state index contributed by atoms with van der Waals surface area (Å²) in [6, 6.07) is 2.04. The average molecular weight is 324 g/mol. The Kier molecular flexibility index (Phi) is 5.91. The second-order valence-electron chi connectivity index (χ2n) is 4.12. The maximum atomic E-state index is 13.7. The Bertz CT molecular complexity index is 604. The lowest BCUT2D eigenvalue weighted by Crippen LogP contribution is -2.25. The van der Waals surface area contributed by atoms with Crippen LogP contribution in [0.1, 0.15) is 22.3 Å². The zero-order chi connectivity index (χ0) is 15.3. The van der Waals surface area contributed by atoms with Crippen molar-refractivity contribution in [2.24, 2.45) is 0 Å². The van der Waals surface area contributed by atoms with E-state index in [0.29, 0.717) is 19.6 Å². The van der Waals surface area contributed by atoms with Crippen molar-refractivity contribution in [2.45, 2.75) is 18.2 Å². The Balaban J connectivity index is 2.97. The highest BCUT2D eigenvalue weighted by Crippen LogP contribution is 2.23. The maximum Gasteiger partial charge on any atom is 0.261 e. The molecule has 0 spiro atoms. The summed E-state index contributed by atoms with van der Waals surface area (Å²) in [5, 5.41) is 2.54. The van der Waals surface area contributed by atoms with Gasteiger partial charge in [0.2, 0.25) is 0 Å². The third-order valence-corrected chi connectivity index (χ3v) is 4.08. The minimum atomic E-state index is -4.11. The highest BCUT2D eigenvalue weighted by Gasteiger charge is 2.20. The summed E-state index contributed by atoms with van der Waals surface area (Å²) in [6.45, 7) is 2.10. The van der Waals surface area contributed by atoms with Gasteiger partial charge in [0.25, 0.3) is 15.0 Å². The van der Waals surface area contributed by atoms with E-state index in [-0.39, 0.29) is 11.1 Å². The van der Waals surface area contributed by atoms with Crippen molar-refractivity contribution >= 4 is 25.6 Å². The largest absolute Gasteiger partial charge is 0.385 e. The smallest absolute Gasteiger partial charge is 0.261 e. The molecule has 0 unspecified atom stereocenters. The molecule has 1 aromatic rings. The number of carbonyl (C=O) groups is 1. The second kappa shape index (κ2) is 7.01. The van der Waals surface area contributed by atoms with Crippen LogP contribution in [0.2, 0.25) is 0 Å². The van der Waals surface area contributed by atoms with Crippen LogP contribution in [0.25, 0.3) is 0 Å². The molecule has 112 valence electrons. The van der Waals surface area contributed by atoms with E-state index in [0.717, 1.165) is 12.1 Å². The van der Waals surface area contributed by atoms with Gasteiger partial charge in [-0.15, -0.1) is 0 Å². The van der Waals surface area contributed by atoms with Gasteiger partial charge in [0.05, 0.1) is 4.90 Å². The SMILES string of the molecule is COCCCNC(=O)c1cc(F)c(C)c(S(=O)(=O)Cl)c1. The summed E-state index contributed by atoms with van der Waals surface area (Å²) in [5.74, 6) is -1.37. The Hall–Kier alpha value is -1.18. The van der Waals surface area contributed by atoms with Crippen LogP contribution < -0.4 is 5.32 Å². The summed E-state index contributed by atoms with van der Waals surface area (Å²) in [6.07, 6.45) is 0.594. The molecule has 0 bridgehead atoms. The molecule has 0 aromatic heterocycles. The van der Waals surface area contributed by atoms with Gasteiger partial charge in [-0.25, -0.2) is 12.8 Å². The molecule has 1 amide bonds. The summed E-state index contributed by atoms with van der Waals surface area (Å²) in [4.78, 5) is 11.4. The topological polar surface area (TPSA) is 72.5 Å². The fourth-order valence-corrected chi connectivity index (χ4v) is 2.77. The molecule has 0 fully saturated rings. The van der Waals surface area contributed by atoms with E-state index in [1.807, 2.05) is 0 Å². The summed E-state index contributed by atoms with van der Waals surface area (Å²) < 4.78 is 41.1. The predicted octanol–water partition coefficient (Wildman–Crippen LogP) is 1.83. The lowest BCUT2D eigenvalue weighted by Gasteiger charge is -2.09. The van der Waals surface area contributed by atoms with Crippen molar-refractivity contribution in [2.75, 3.05) is 20.3 Å². The highest BCUT2D eigenvalue weighted by atomic mass is 35.7. The fourth-order valence-electron chi connectivity index (χ4n) is 1.56. The first kappa shape index (κ1) is 16.9. The molecule has 1 N–H and O–H groups in total. The van der Waals surface area contributed by atoms with E-state index >= 15 is 0 Å². The predicted molar refractivity (Wildman–Crippen MR) is 73.0 cm³/mol. The highest BCUT2D eigenvalue weighted by molar-refractivity contribution is 8.13. The van der Waals surface area contributed by atoms with Crippen LogP contribution in [0.4, 0.5) is 4.39 Å². The molecular weight excluding hydrogens is 309 g/mol. The first-order chi connectivity index (χ1) is 9.27. The third-order valence-electron chi connectivity index (χ3n) is 2.63. The minimum Gasteiger partial charge on any atom is -0.385 e. The number of methoxy groups -OCH3 is 1. The van der Waals surface area contributed by atoms with Gasteiger partial charge in [-0.3, -0.25) is 4.79 Å². The van der Waals surface area contributed by atoms with Crippen molar-refractivity contribution in [3.63, 3.8) is 0 Å². The number of rotatable bonds is 6. The Morgan fingerprint density at radius 3 is 2.65 bits per heavy atom.